The summed E-state index contributed by atoms with van der Waals surface area (Å²) in [7, 11) is 2.13. The Labute approximate surface area is 119 Å². The molecule has 3 atom stereocenters. The summed E-state index contributed by atoms with van der Waals surface area (Å²) in [6, 6.07) is 11.6. The largest absolute Gasteiger partial charge is 0.316 e. The predicted octanol–water partition coefficient (Wildman–Crippen LogP) is 4.84. The third-order valence-corrected chi connectivity index (χ3v) is 4.72. The second-order valence-electron chi connectivity index (χ2n) is 5.71. The molecule has 0 aliphatic rings. The molecule has 19 heavy (non-hydrogen) atoms. The Morgan fingerprint density at radius 1 is 0.947 bits per heavy atom. The van der Waals surface area contributed by atoms with Gasteiger partial charge in [0.2, 0.25) is 0 Å². The van der Waals surface area contributed by atoms with Crippen molar-refractivity contribution in [1.82, 2.24) is 5.32 Å². The van der Waals surface area contributed by atoms with Gasteiger partial charge < -0.3 is 5.32 Å². The van der Waals surface area contributed by atoms with Crippen molar-refractivity contribution in [2.75, 3.05) is 7.05 Å². The van der Waals surface area contributed by atoms with E-state index in [1.54, 1.807) is 0 Å². The quantitative estimate of drug-likeness (QED) is 0.706. The molecule has 0 amide bonds. The molecule has 0 fully saturated rings. The Morgan fingerprint density at radius 3 is 1.95 bits per heavy atom. The highest BCUT2D eigenvalue weighted by atomic mass is 14.9. The predicted molar refractivity (Wildman–Crippen MR) is 85.6 cm³/mol. The van der Waals surface area contributed by atoms with Gasteiger partial charge in [-0.2, -0.15) is 0 Å². The summed E-state index contributed by atoms with van der Waals surface area (Å²) in [6.45, 7) is 9.33. The van der Waals surface area contributed by atoms with Crippen LogP contribution in [0.25, 0.3) is 0 Å². The number of nitrogens with one attached hydrogen (secondary N) is 1. The smallest absolute Gasteiger partial charge is 0.0163 e. The highest BCUT2D eigenvalue weighted by Gasteiger charge is 2.30. The molecule has 0 aliphatic heterocycles. The normalized spacial score (nSPS) is 16.3. The molecule has 1 heteroatoms. The van der Waals surface area contributed by atoms with Crippen molar-refractivity contribution in [3.05, 3.63) is 35.9 Å². The Morgan fingerprint density at radius 2 is 1.53 bits per heavy atom. The van der Waals surface area contributed by atoms with E-state index in [4.69, 9.17) is 0 Å². The molecule has 0 aliphatic carbocycles. The number of likely N-dealkylation sites (N-methyl/N-ethyl adjacent to an activating group) is 1. The first kappa shape index (κ1) is 16.2. The average Bonchev–Trinajstić information content (AvgIpc) is 2.47. The van der Waals surface area contributed by atoms with E-state index in [9.17, 15) is 0 Å². The van der Waals surface area contributed by atoms with Crippen LogP contribution in [-0.4, -0.2) is 13.1 Å². The van der Waals surface area contributed by atoms with Crippen LogP contribution in [0.3, 0.4) is 0 Å². The standard InChI is InChI=1S/C18H31N/c1-6-14(4)17(16-12-10-9-11-13-16)18(19-5)15(7-2)8-3/h9-15,17-19H,6-8H2,1-5H3. The van der Waals surface area contributed by atoms with Gasteiger partial charge in [-0.3, -0.25) is 0 Å². The highest BCUT2D eigenvalue weighted by Crippen LogP contribution is 2.35. The van der Waals surface area contributed by atoms with Crippen LogP contribution in [0, 0.1) is 11.8 Å². The molecule has 1 nitrogen and oxygen atoms in total. The van der Waals surface area contributed by atoms with E-state index in [0.29, 0.717) is 17.9 Å². The van der Waals surface area contributed by atoms with Crippen LogP contribution in [0.5, 0.6) is 0 Å². The van der Waals surface area contributed by atoms with E-state index in [0.717, 1.165) is 5.92 Å². The zero-order valence-corrected chi connectivity index (χ0v) is 13.3. The van der Waals surface area contributed by atoms with Crippen molar-refractivity contribution < 1.29 is 0 Å². The lowest BCUT2D eigenvalue weighted by atomic mass is 9.74. The average molecular weight is 261 g/mol. The summed E-state index contributed by atoms with van der Waals surface area (Å²) in [5, 5.41) is 3.62. The van der Waals surface area contributed by atoms with Gasteiger partial charge in [0.05, 0.1) is 0 Å². The fraction of sp³-hybridized carbons (Fsp3) is 0.667. The van der Waals surface area contributed by atoms with Crippen molar-refractivity contribution in [2.45, 2.75) is 58.9 Å². The lowest BCUT2D eigenvalue weighted by Crippen LogP contribution is -2.41. The van der Waals surface area contributed by atoms with E-state index in [-0.39, 0.29) is 0 Å². The first-order chi connectivity index (χ1) is 9.19. The fourth-order valence-corrected chi connectivity index (χ4v) is 3.32. The van der Waals surface area contributed by atoms with Crippen molar-refractivity contribution >= 4 is 0 Å². The first-order valence-corrected chi connectivity index (χ1v) is 7.91. The Bertz CT molecular complexity index is 329. The lowest BCUT2D eigenvalue weighted by Gasteiger charge is -2.36. The monoisotopic (exact) mass is 261 g/mol. The lowest BCUT2D eigenvalue weighted by molar-refractivity contribution is 0.254. The maximum atomic E-state index is 3.62. The zero-order chi connectivity index (χ0) is 14.3. The van der Waals surface area contributed by atoms with Crippen LogP contribution in [0.4, 0.5) is 0 Å². The Hall–Kier alpha value is -0.820. The Balaban J connectivity index is 3.08. The highest BCUT2D eigenvalue weighted by molar-refractivity contribution is 5.22. The summed E-state index contributed by atoms with van der Waals surface area (Å²) in [4.78, 5) is 0. The minimum absolute atomic E-state index is 0.576. The third kappa shape index (κ3) is 4.07. The van der Waals surface area contributed by atoms with Gasteiger partial charge in [0.1, 0.15) is 0 Å². The van der Waals surface area contributed by atoms with Crippen LogP contribution in [0.1, 0.15) is 58.4 Å². The van der Waals surface area contributed by atoms with Gasteiger partial charge >= 0.3 is 0 Å². The molecule has 1 N–H and O–H groups in total. The van der Waals surface area contributed by atoms with Gasteiger partial charge in [0, 0.05) is 12.0 Å². The van der Waals surface area contributed by atoms with Gasteiger partial charge in [0.15, 0.2) is 0 Å². The number of benzene rings is 1. The molecular weight excluding hydrogens is 230 g/mol. The second kappa shape index (κ2) is 8.37. The number of rotatable bonds is 8. The van der Waals surface area contributed by atoms with Gasteiger partial charge in [-0.25, -0.2) is 0 Å². The van der Waals surface area contributed by atoms with Crippen molar-refractivity contribution in [2.24, 2.45) is 11.8 Å². The molecule has 0 spiro atoms. The van der Waals surface area contributed by atoms with E-state index in [2.05, 4.69) is 70.4 Å². The van der Waals surface area contributed by atoms with E-state index < -0.39 is 0 Å². The van der Waals surface area contributed by atoms with Crippen LogP contribution >= 0.6 is 0 Å². The third-order valence-electron chi connectivity index (χ3n) is 4.72. The first-order valence-electron chi connectivity index (χ1n) is 7.91. The molecule has 1 aromatic rings. The van der Waals surface area contributed by atoms with Crippen LogP contribution in [-0.2, 0) is 0 Å². The zero-order valence-electron chi connectivity index (χ0n) is 13.3. The van der Waals surface area contributed by atoms with Crippen molar-refractivity contribution in [3.63, 3.8) is 0 Å². The minimum Gasteiger partial charge on any atom is -0.316 e. The van der Waals surface area contributed by atoms with Gasteiger partial charge in [0.25, 0.3) is 0 Å². The van der Waals surface area contributed by atoms with Gasteiger partial charge in [-0.1, -0.05) is 77.3 Å². The molecule has 108 valence electrons. The summed E-state index contributed by atoms with van der Waals surface area (Å²) >= 11 is 0. The number of hydrogen-bond donors (Lipinski definition) is 1. The fourth-order valence-electron chi connectivity index (χ4n) is 3.32. The molecule has 0 saturated carbocycles. The molecule has 0 saturated heterocycles. The van der Waals surface area contributed by atoms with Crippen LogP contribution in [0.15, 0.2) is 30.3 Å². The second-order valence-corrected chi connectivity index (χ2v) is 5.71. The van der Waals surface area contributed by atoms with Crippen LogP contribution < -0.4 is 5.32 Å². The van der Waals surface area contributed by atoms with Gasteiger partial charge in [-0.15, -0.1) is 0 Å². The molecule has 3 unspecified atom stereocenters. The molecule has 0 bridgehead atoms. The summed E-state index contributed by atoms with van der Waals surface area (Å²) < 4.78 is 0. The molecule has 1 aromatic carbocycles. The molecular formula is C18H31N. The summed E-state index contributed by atoms with van der Waals surface area (Å²) in [5.41, 5.74) is 1.49. The van der Waals surface area contributed by atoms with Crippen molar-refractivity contribution in [1.29, 1.82) is 0 Å². The topological polar surface area (TPSA) is 12.0 Å². The Kier molecular flexibility index (Phi) is 7.15. The SMILES string of the molecule is CCC(C)C(c1ccccc1)C(NC)C(CC)CC. The molecule has 0 aromatic heterocycles. The van der Waals surface area contributed by atoms with E-state index >= 15 is 0 Å². The van der Waals surface area contributed by atoms with E-state index in [1.165, 1.54) is 24.8 Å². The summed E-state index contributed by atoms with van der Waals surface area (Å²) in [6.07, 6.45) is 3.74. The summed E-state index contributed by atoms with van der Waals surface area (Å²) in [5.74, 6) is 2.07. The molecule has 1 rings (SSSR count). The molecule has 0 radical (unpaired) electrons. The number of hydrogen-bond acceptors (Lipinski definition) is 1. The molecule has 0 heterocycles. The minimum atomic E-state index is 0.576. The van der Waals surface area contributed by atoms with Gasteiger partial charge in [-0.05, 0) is 24.4 Å². The van der Waals surface area contributed by atoms with Crippen molar-refractivity contribution in [3.8, 4) is 0 Å². The van der Waals surface area contributed by atoms with Crippen LogP contribution in [0.2, 0.25) is 0 Å². The maximum absolute atomic E-state index is 3.62. The van der Waals surface area contributed by atoms with E-state index in [1.807, 2.05) is 0 Å². The maximum Gasteiger partial charge on any atom is 0.0163 e.